The smallest absolute Gasteiger partial charge is 0.328 e. The summed E-state index contributed by atoms with van der Waals surface area (Å²) >= 11 is 5.54. The van der Waals surface area contributed by atoms with E-state index in [9.17, 15) is 9.59 Å². The molecule has 1 heterocycles. The summed E-state index contributed by atoms with van der Waals surface area (Å²) in [5, 5.41) is 7.52. The predicted octanol–water partition coefficient (Wildman–Crippen LogP) is 0.923. The molecule has 0 radical (unpaired) electrons. The maximum absolute atomic E-state index is 11.6. The molecule has 1 aromatic rings. The Morgan fingerprint density at radius 2 is 2.13 bits per heavy atom. The number of carbonyl (C=O) groups is 1. The van der Waals surface area contributed by atoms with Gasteiger partial charge in [-0.3, -0.25) is 13.9 Å². The third-order valence-electron chi connectivity index (χ3n) is 2.06. The van der Waals surface area contributed by atoms with Crippen molar-refractivity contribution in [3.63, 3.8) is 0 Å². The van der Waals surface area contributed by atoms with Gasteiger partial charge in [-0.25, -0.2) is 4.79 Å². The molecule has 0 bridgehead atoms. The monoisotopic (exact) mass is 232 g/mol. The maximum Gasteiger partial charge on any atom is 0.328 e. The van der Waals surface area contributed by atoms with E-state index in [1.165, 1.54) is 9.13 Å². The molecule has 1 rings (SSSR count). The molecule has 6 heteroatoms. The molecule has 1 N–H and O–H groups in total. The van der Waals surface area contributed by atoms with Gasteiger partial charge in [-0.05, 0) is 13.8 Å². The lowest BCUT2D eigenvalue weighted by atomic mass is 10.4. The van der Waals surface area contributed by atoms with Crippen LogP contribution in [0.4, 0.5) is 0 Å². The molecule has 0 saturated heterocycles. The molecular weight excluding hydrogens is 220 g/mol. The first kappa shape index (κ1) is 11.8. The number of aromatic nitrogens is 2. The second kappa shape index (κ2) is 4.53. The first-order valence-electron chi connectivity index (χ1n) is 4.57. The summed E-state index contributed by atoms with van der Waals surface area (Å²) in [7, 11) is 0. The lowest BCUT2D eigenvalue weighted by molar-refractivity contribution is -0.136. The number of carboxylic acid groups (broad SMARTS) is 1. The number of alkyl halides is 1. The van der Waals surface area contributed by atoms with Crippen molar-refractivity contribution in [1.29, 1.82) is 0 Å². The quantitative estimate of drug-likeness (QED) is 0.786. The van der Waals surface area contributed by atoms with Gasteiger partial charge in [-0.15, -0.1) is 11.6 Å². The van der Waals surface area contributed by atoms with Gasteiger partial charge in [-0.2, -0.15) is 0 Å². The van der Waals surface area contributed by atoms with Crippen molar-refractivity contribution in [3.05, 3.63) is 22.9 Å². The van der Waals surface area contributed by atoms with Crippen LogP contribution in [0.25, 0.3) is 0 Å². The summed E-state index contributed by atoms with van der Waals surface area (Å²) in [5.41, 5.74) is -0.239. The van der Waals surface area contributed by atoms with Crippen molar-refractivity contribution in [2.75, 3.05) is 0 Å². The molecule has 1 atom stereocenters. The highest BCUT2D eigenvalue weighted by Gasteiger charge is 2.16. The van der Waals surface area contributed by atoms with Crippen molar-refractivity contribution in [1.82, 2.24) is 9.13 Å². The molecule has 84 valence electrons. The molecule has 0 saturated carbocycles. The van der Waals surface area contributed by atoms with Crippen molar-refractivity contribution >= 4 is 17.6 Å². The van der Waals surface area contributed by atoms with Crippen LogP contribution in [0.2, 0.25) is 0 Å². The summed E-state index contributed by atoms with van der Waals surface area (Å²) in [6.45, 7) is 3.73. The van der Waals surface area contributed by atoms with E-state index in [1.54, 1.807) is 12.4 Å². The van der Waals surface area contributed by atoms with Gasteiger partial charge < -0.3 is 5.11 Å². The standard InChI is InChI=1S/C9H13ClN2O3/c1-6(2)12-4-3-11(9(12)15)5-7(10)8(13)14/h3-4,6-7H,5H2,1-2H3,(H,13,14). The van der Waals surface area contributed by atoms with E-state index >= 15 is 0 Å². The molecule has 0 aliphatic heterocycles. The zero-order chi connectivity index (χ0) is 11.6. The summed E-state index contributed by atoms with van der Waals surface area (Å²) < 4.78 is 2.82. The second-order valence-electron chi connectivity index (χ2n) is 3.54. The second-order valence-corrected chi connectivity index (χ2v) is 4.07. The minimum absolute atomic E-state index is 0.0184. The topological polar surface area (TPSA) is 64.2 Å². The number of aliphatic carboxylic acids is 1. The molecule has 0 amide bonds. The number of nitrogens with zero attached hydrogens (tertiary/aromatic N) is 2. The van der Waals surface area contributed by atoms with Gasteiger partial charge >= 0.3 is 11.7 Å². The van der Waals surface area contributed by atoms with Crippen LogP contribution in [-0.2, 0) is 11.3 Å². The largest absolute Gasteiger partial charge is 0.480 e. The van der Waals surface area contributed by atoms with Crippen LogP contribution in [0.1, 0.15) is 19.9 Å². The summed E-state index contributed by atoms with van der Waals surface area (Å²) in [6.07, 6.45) is 3.17. The number of hydrogen-bond donors (Lipinski definition) is 1. The highest BCUT2D eigenvalue weighted by atomic mass is 35.5. The molecule has 1 aromatic heterocycles. The third kappa shape index (κ3) is 2.62. The van der Waals surface area contributed by atoms with Crippen LogP contribution >= 0.6 is 11.6 Å². The van der Waals surface area contributed by atoms with Gasteiger partial charge in [0.05, 0.1) is 6.54 Å². The van der Waals surface area contributed by atoms with Crippen LogP contribution in [0.3, 0.4) is 0 Å². The van der Waals surface area contributed by atoms with Crippen LogP contribution in [0.15, 0.2) is 17.2 Å². The van der Waals surface area contributed by atoms with Crippen molar-refractivity contribution in [3.8, 4) is 0 Å². The van der Waals surface area contributed by atoms with E-state index < -0.39 is 11.3 Å². The lowest BCUT2D eigenvalue weighted by Crippen LogP contribution is -2.30. The van der Waals surface area contributed by atoms with Gasteiger partial charge in [0, 0.05) is 18.4 Å². The Morgan fingerprint density at radius 1 is 1.53 bits per heavy atom. The summed E-state index contributed by atoms with van der Waals surface area (Å²) in [6, 6.07) is 0.0531. The Balaban J connectivity index is 2.89. The maximum atomic E-state index is 11.6. The molecule has 0 aromatic carbocycles. The number of imidazole rings is 1. The minimum Gasteiger partial charge on any atom is -0.480 e. The first-order valence-corrected chi connectivity index (χ1v) is 5.01. The SMILES string of the molecule is CC(C)n1ccn(CC(Cl)C(=O)O)c1=O. The number of rotatable bonds is 4. The van der Waals surface area contributed by atoms with E-state index in [4.69, 9.17) is 16.7 Å². The van der Waals surface area contributed by atoms with E-state index in [2.05, 4.69) is 0 Å². The molecule has 0 fully saturated rings. The van der Waals surface area contributed by atoms with Crippen LogP contribution in [0, 0.1) is 0 Å². The molecule has 1 unspecified atom stereocenters. The zero-order valence-corrected chi connectivity index (χ0v) is 9.31. The van der Waals surface area contributed by atoms with E-state index in [0.717, 1.165) is 0 Å². The molecule has 0 spiro atoms. The number of halogens is 1. The van der Waals surface area contributed by atoms with Crippen LogP contribution in [0.5, 0.6) is 0 Å². The Bertz CT molecular complexity index is 408. The van der Waals surface area contributed by atoms with E-state index in [0.29, 0.717) is 0 Å². The van der Waals surface area contributed by atoms with Gasteiger partial charge in [0.15, 0.2) is 0 Å². The number of carboxylic acids is 1. The van der Waals surface area contributed by atoms with Gasteiger partial charge in [-0.1, -0.05) is 0 Å². The van der Waals surface area contributed by atoms with Gasteiger partial charge in [0.1, 0.15) is 5.38 Å². The lowest BCUT2D eigenvalue weighted by Gasteiger charge is -2.06. The Kier molecular flexibility index (Phi) is 3.57. The van der Waals surface area contributed by atoms with Gasteiger partial charge in [0.25, 0.3) is 0 Å². The fourth-order valence-electron chi connectivity index (χ4n) is 1.21. The average molecular weight is 233 g/mol. The normalized spacial score (nSPS) is 13.1. The van der Waals surface area contributed by atoms with E-state index in [-0.39, 0.29) is 18.3 Å². The highest BCUT2D eigenvalue weighted by molar-refractivity contribution is 6.29. The predicted molar refractivity (Wildman–Crippen MR) is 56.4 cm³/mol. The fourth-order valence-corrected chi connectivity index (χ4v) is 1.36. The number of hydrogen-bond acceptors (Lipinski definition) is 2. The molecule has 0 aliphatic rings. The van der Waals surface area contributed by atoms with Crippen LogP contribution < -0.4 is 5.69 Å². The molecule has 0 aliphatic carbocycles. The fraction of sp³-hybridized carbons (Fsp3) is 0.556. The van der Waals surface area contributed by atoms with Gasteiger partial charge in [0.2, 0.25) is 0 Å². The van der Waals surface area contributed by atoms with Crippen molar-refractivity contribution in [2.45, 2.75) is 31.8 Å². The molecule has 15 heavy (non-hydrogen) atoms. The Hall–Kier alpha value is -1.23. The zero-order valence-electron chi connectivity index (χ0n) is 8.55. The average Bonchev–Trinajstić information content (AvgIpc) is 2.48. The summed E-state index contributed by atoms with van der Waals surface area (Å²) in [5.74, 6) is -1.12. The van der Waals surface area contributed by atoms with Crippen molar-refractivity contribution < 1.29 is 9.90 Å². The highest BCUT2D eigenvalue weighted by Crippen LogP contribution is 2.02. The van der Waals surface area contributed by atoms with E-state index in [1.807, 2.05) is 13.8 Å². The third-order valence-corrected chi connectivity index (χ3v) is 2.38. The van der Waals surface area contributed by atoms with Crippen LogP contribution in [-0.4, -0.2) is 25.6 Å². The molecule has 5 nitrogen and oxygen atoms in total. The van der Waals surface area contributed by atoms with Crippen molar-refractivity contribution in [2.24, 2.45) is 0 Å². The molecular formula is C9H13ClN2O3. The Labute approximate surface area is 91.9 Å². The first-order chi connectivity index (χ1) is 6.93. The minimum atomic E-state index is -1.12. The Morgan fingerprint density at radius 3 is 2.53 bits per heavy atom. The summed E-state index contributed by atoms with van der Waals surface area (Å²) in [4.78, 5) is 22.1.